The van der Waals surface area contributed by atoms with E-state index in [1.807, 2.05) is 29.2 Å². The molecule has 1 saturated heterocycles. The van der Waals surface area contributed by atoms with E-state index in [9.17, 15) is 9.59 Å². The van der Waals surface area contributed by atoms with Gasteiger partial charge < -0.3 is 16.0 Å². The van der Waals surface area contributed by atoms with Crippen LogP contribution < -0.4 is 11.1 Å². The van der Waals surface area contributed by atoms with E-state index in [1.54, 1.807) is 13.8 Å². The summed E-state index contributed by atoms with van der Waals surface area (Å²) in [5, 5.41) is 2.81. The number of rotatable bonds is 5. The van der Waals surface area contributed by atoms with Gasteiger partial charge >= 0.3 is 0 Å². The van der Waals surface area contributed by atoms with E-state index < -0.39 is 5.54 Å². The average molecular weight is 289 g/mol. The van der Waals surface area contributed by atoms with E-state index in [0.717, 1.165) is 24.1 Å². The minimum absolute atomic E-state index is 0.172. The number of hydrogen-bond donors (Lipinski definition) is 2. The molecule has 2 rings (SSSR count). The van der Waals surface area contributed by atoms with E-state index in [-0.39, 0.29) is 11.8 Å². The molecule has 0 bridgehead atoms. The van der Waals surface area contributed by atoms with E-state index in [0.29, 0.717) is 19.5 Å². The van der Waals surface area contributed by atoms with Crippen molar-refractivity contribution in [1.29, 1.82) is 0 Å². The maximum Gasteiger partial charge on any atom is 0.239 e. The fourth-order valence-electron chi connectivity index (χ4n) is 2.26. The number of carbonyl (C=O) groups is 2. The molecule has 1 fully saturated rings. The Morgan fingerprint density at radius 1 is 1.29 bits per heavy atom. The van der Waals surface area contributed by atoms with Gasteiger partial charge in [0, 0.05) is 26.1 Å². The standard InChI is InChI=1S/C16H23N3O2/c1-16(2,17)15(21)18-10-12-5-7-13(8-6-12)11-19-9-3-4-14(19)20/h5-8H,3-4,9-11,17H2,1-2H3,(H,18,21). The summed E-state index contributed by atoms with van der Waals surface area (Å²) in [7, 11) is 0. The van der Waals surface area contributed by atoms with Gasteiger partial charge in [0.05, 0.1) is 5.54 Å². The largest absolute Gasteiger partial charge is 0.350 e. The van der Waals surface area contributed by atoms with Crippen molar-refractivity contribution in [3.8, 4) is 0 Å². The highest BCUT2D eigenvalue weighted by Crippen LogP contribution is 2.14. The van der Waals surface area contributed by atoms with Crippen LogP contribution in [0.3, 0.4) is 0 Å². The van der Waals surface area contributed by atoms with Gasteiger partial charge in [-0.3, -0.25) is 9.59 Å². The zero-order valence-electron chi connectivity index (χ0n) is 12.7. The van der Waals surface area contributed by atoms with Gasteiger partial charge in [-0.1, -0.05) is 24.3 Å². The molecule has 1 aromatic carbocycles. The molecule has 0 aromatic heterocycles. The SMILES string of the molecule is CC(C)(N)C(=O)NCc1ccc(CN2CCCC2=O)cc1. The molecule has 0 spiro atoms. The molecule has 1 heterocycles. The molecule has 5 heteroatoms. The normalized spacial score (nSPS) is 15.4. The van der Waals surface area contributed by atoms with Gasteiger partial charge in [0.25, 0.3) is 0 Å². The number of carbonyl (C=O) groups excluding carboxylic acids is 2. The second kappa shape index (κ2) is 6.26. The first-order valence-electron chi connectivity index (χ1n) is 7.29. The number of nitrogens with zero attached hydrogens (tertiary/aromatic N) is 1. The lowest BCUT2D eigenvalue weighted by molar-refractivity contribution is -0.128. The van der Waals surface area contributed by atoms with Gasteiger partial charge in [-0.25, -0.2) is 0 Å². The van der Waals surface area contributed by atoms with Crippen LogP contribution in [0.5, 0.6) is 0 Å². The van der Waals surface area contributed by atoms with Crippen molar-refractivity contribution in [2.24, 2.45) is 5.73 Å². The zero-order valence-corrected chi connectivity index (χ0v) is 12.7. The molecule has 0 unspecified atom stereocenters. The second-order valence-corrected chi connectivity index (χ2v) is 6.14. The predicted molar refractivity (Wildman–Crippen MR) is 81.2 cm³/mol. The predicted octanol–water partition coefficient (Wildman–Crippen LogP) is 1.16. The number of nitrogens with two attached hydrogens (primary N) is 1. The average Bonchev–Trinajstić information content (AvgIpc) is 2.82. The van der Waals surface area contributed by atoms with Crippen molar-refractivity contribution in [1.82, 2.24) is 10.2 Å². The van der Waals surface area contributed by atoms with E-state index in [2.05, 4.69) is 5.32 Å². The van der Waals surface area contributed by atoms with Crippen molar-refractivity contribution in [3.05, 3.63) is 35.4 Å². The molecule has 1 aromatic rings. The molecular formula is C16H23N3O2. The van der Waals surface area contributed by atoms with Crippen LogP contribution >= 0.6 is 0 Å². The van der Waals surface area contributed by atoms with Crippen molar-refractivity contribution in [2.75, 3.05) is 6.54 Å². The monoisotopic (exact) mass is 289 g/mol. The first kappa shape index (κ1) is 15.5. The summed E-state index contributed by atoms with van der Waals surface area (Å²) in [6.07, 6.45) is 1.62. The second-order valence-electron chi connectivity index (χ2n) is 6.14. The number of nitrogens with one attached hydrogen (secondary N) is 1. The Kier molecular flexibility index (Phi) is 4.63. The van der Waals surface area contributed by atoms with E-state index >= 15 is 0 Å². The summed E-state index contributed by atoms with van der Waals surface area (Å²) in [5.74, 6) is 0.0609. The van der Waals surface area contributed by atoms with Crippen molar-refractivity contribution in [2.45, 2.75) is 45.3 Å². The summed E-state index contributed by atoms with van der Waals surface area (Å²) in [6.45, 7) is 5.34. The van der Waals surface area contributed by atoms with Gasteiger partial charge in [0.15, 0.2) is 0 Å². The summed E-state index contributed by atoms with van der Waals surface area (Å²) >= 11 is 0. The van der Waals surface area contributed by atoms with Crippen LogP contribution in [0.15, 0.2) is 24.3 Å². The highest BCUT2D eigenvalue weighted by molar-refractivity contribution is 5.85. The molecule has 114 valence electrons. The molecule has 21 heavy (non-hydrogen) atoms. The van der Waals surface area contributed by atoms with E-state index in [4.69, 9.17) is 5.73 Å². The third-order valence-electron chi connectivity index (χ3n) is 3.61. The molecule has 0 saturated carbocycles. The van der Waals surface area contributed by atoms with Crippen LogP contribution in [-0.2, 0) is 22.7 Å². The van der Waals surface area contributed by atoms with Crippen molar-refractivity contribution >= 4 is 11.8 Å². The fourth-order valence-corrected chi connectivity index (χ4v) is 2.26. The maximum atomic E-state index is 11.7. The Labute approximate surface area is 125 Å². The Morgan fingerprint density at radius 2 is 1.90 bits per heavy atom. The van der Waals surface area contributed by atoms with E-state index in [1.165, 1.54) is 0 Å². The highest BCUT2D eigenvalue weighted by atomic mass is 16.2. The minimum Gasteiger partial charge on any atom is -0.350 e. The molecule has 1 aliphatic rings. The maximum absolute atomic E-state index is 11.7. The summed E-state index contributed by atoms with van der Waals surface area (Å²) in [6, 6.07) is 7.95. The zero-order chi connectivity index (χ0) is 15.5. The topological polar surface area (TPSA) is 75.4 Å². The molecule has 1 aliphatic heterocycles. The van der Waals surface area contributed by atoms with Crippen LogP contribution in [0.1, 0.15) is 37.8 Å². The minimum atomic E-state index is -0.865. The Bertz CT molecular complexity index is 517. The first-order valence-corrected chi connectivity index (χ1v) is 7.29. The summed E-state index contributed by atoms with van der Waals surface area (Å²) in [5.41, 5.74) is 6.99. The number of hydrogen-bond acceptors (Lipinski definition) is 3. The quantitative estimate of drug-likeness (QED) is 0.854. The summed E-state index contributed by atoms with van der Waals surface area (Å²) < 4.78 is 0. The molecule has 0 aliphatic carbocycles. The molecule has 0 radical (unpaired) electrons. The Morgan fingerprint density at radius 3 is 2.43 bits per heavy atom. The van der Waals surface area contributed by atoms with Crippen LogP contribution in [0.25, 0.3) is 0 Å². The smallest absolute Gasteiger partial charge is 0.239 e. The lowest BCUT2D eigenvalue weighted by Crippen LogP contribution is -2.48. The number of likely N-dealkylation sites (tertiary alicyclic amines) is 1. The lowest BCUT2D eigenvalue weighted by Gasteiger charge is -2.18. The number of benzene rings is 1. The van der Waals surface area contributed by atoms with Gasteiger partial charge in [-0.05, 0) is 31.4 Å². The van der Waals surface area contributed by atoms with Gasteiger partial charge in [-0.15, -0.1) is 0 Å². The molecule has 3 N–H and O–H groups in total. The molecule has 2 amide bonds. The summed E-state index contributed by atoms with van der Waals surface area (Å²) in [4.78, 5) is 25.2. The van der Waals surface area contributed by atoms with Crippen molar-refractivity contribution < 1.29 is 9.59 Å². The molecule has 0 atom stereocenters. The lowest BCUT2D eigenvalue weighted by atomic mass is 10.1. The third-order valence-corrected chi connectivity index (χ3v) is 3.61. The Hall–Kier alpha value is -1.88. The van der Waals surface area contributed by atoms with Gasteiger partial charge in [-0.2, -0.15) is 0 Å². The first-order chi connectivity index (χ1) is 9.86. The molecular weight excluding hydrogens is 266 g/mol. The fraction of sp³-hybridized carbons (Fsp3) is 0.500. The van der Waals surface area contributed by atoms with Crippen LogP contribution in [0, 0.1) is 0 Å². The van der Waals surface area contributed by atoms with Gasteiger partial charge in [0.2, 0.25) is 11.8 Å². The highest BCUT2D eigenvalue weighted by Gasteiger charge is 2.21. The van der Waals surface area contributed by atoms with Crippen LogP contribution in [0.4, 0.5) is 0 Å². The van der Waals surface area contributed by atoms with Gasteiger partial charge in [0.1, 0.15) is 0 Å². The third kappa shape index (κ3) is 4.29. The number of amides is 2. The Balaban J connectivity index is 1.87. The van der Waals surface area contributed by atoms with Crippen molar-refractivity contribution in [3.63, 3.8) is 0 Å². The van der Waals surface area contributed by atoms with Crippen LogP contribution in [-0.4, -0.2) is 28.8 Å². The van der Waals surface area contributed by atoms with Crippen LogP contribution in [0.2, 0.25) is 0 Å². The molecule has 5 nitrogen and oxygen atoms in total.